The molecule has 0 aliphatic rings. The van der Waals surface area contributed by atoms with Crippen LogP contribution in [0.1, 0.15) is 55.5 Å². The van der Waals surface area contributed by atoms with Crippen LogP contribution in [0.25, 0.3) is 0 Å². The van der Waals surface area contributed by atoms with Crippen molar-refractivity contribution in [2.24, 2.45) is 5.92 Å². The van der Waals surface area contributed by atoms with Gasteiger partial charge in [-0.25, -0.2) is 0 Å². The molecule has 0 bridgehead atoms. The second-order valence-electron chi connectivity index (χ2n) is 7.94. The minimum Gasteiger partial charge on any atom is -0.166 e. The molecule has 0 aromatic heterocycles. The van der Waals surface area contributed by atoms with Crippen LogP contribution in [0.3, 0.4) is 0 Å². The number of benzene rings is 2. The molecular weight excluding hydrogens is 321 g/mol. The summed E-state index contributed by atoms with van der Waals surface area (Å²) >= 11 is 0. The monoisotopic (exact) mass is 348 g/mol. The average molecular weight is 348 g/mol. The average Bonchev–Trinajstić information content (AvgIpc) is 2.48. The largest absolute Gasteiger partial charge is 0.416 e. The molecule has 3 heteroatoms. The summed E-state index contributed by atoms with van der Waals surface area (Å²) in [5, 5.41) is 0. The standard InChI is InChI=1S/C22H27F3/c1-15(2)13-18-7-6-8-20(16(18)3)21(4,5)14-17-9-11-19(12-10-17)22(23,24)25/h6-12,15H,13-14H2,1-5H3. The molecule has 0 aliphatic carbocycles. The summed E-state index contributed by atoms with van der Waals surface area (Å²) in [6, 6.07) is 11.9. The third-order valence-electron chi connectivity index (χ3n) is 4.73. The zero-order valence-corrected chi connectivity index (χ0v) is 15.7. The second-order valence-corrected chi connectivity index (χ2v) is 7.94. The fourth-order valence-corrected chi connectivity index (χ4v) is 3.49. The van der Waals surface area contributed by atoms with Crippen molar-refractivity contribution in [3.63, 3.8) is 0 Å². The van der Waals surface area contributed by atoms with Crippen molar-refractivity contribution in [2.75, 3.05) is 0 Å². The molecule has 0 radical (unpaired) electrons. The summed E-state index contributed by atoms with van der Waals surface area (Å²) in [5.41, 5.74) is 4.11. The first-order chi connectivity index (χ1) is 11.5. The normalized spacial score (nSPS) is 12.7. The lowest BCUT2D eigenvalue weighted by Crippen LogP contribution is -2.22. The summed E-state index contributed by atoms with van der Waals surface area (Å²) in [6.45, 7) is 10.9. The van der Waals surface area contributed by atoms with E-state index in [4.69, 9.17) is 0 Å². The van der Waals surface area contributed by atoms with Gasteiger partial charge >= 0.3 is 6.18 Å². The van der Waals surface area contributed by atoms with E-state index in [1.165, 1.54) is 28.8 Å². The van der Waals surface area contributed by atoms with E-state index in [0.29, 0.717) is 12.3 Å². The highest BCUT2D eigenvalue weighted by molar-refractivity contribution is 5.40. The number of rotatable bonds is 5. The summed E-state index contributed by atoms with van der Waals surface area (Å²) < 4.78 is 38.2. The maximum absolute atomic E-state index is 12.7. The first kappa shape index (κ1) is 19.6. The molecule has 0 saturated heterocycles. The van der Waals surface area contributed by atoms with Crippen LogP contribution < -0.4 is 0 Å². The van der Waals surface area contributed by atoms with E-state index in [2.05, 4.69) is 52.8 Å². The number of halogens is 3. The highest BCUT2D eigenvalue weighted by Gasteiger charge is 2.30. The molecular formula is C22H27F3. The van der Waals surface area contributed by atoms with E-state index in [1.54, 1.807) is 12.1 Å². The van der Waals surface area contributed by atoms with Gasteiger partial charge in [-0.05, 0) is 65.5 Å². The van der Waals surface area contributed by atoms with Crippen LogP contribution in [0.2, 0.25) is 0 Å². The van der Waals surface area contributed by atoms with Crippen LogP contribution >= 0.6 is 0 Å². The van der Waals surface area contributed by atoms with Crippen molar-refractivity contribution >= 4 is 0 Å². The van der Waals surface area contributed by atoms with Crippen molar-refractivity contribution in [3.8, 4) is 0 Å². The first-order valence-electron chi connectivity index (χ1n) is 8.76. The molecule has 136 valence electrons. The highest BCUT2D eigenvalue weighted by atomic mass is 19.4. The van der Waals surface area contributed by atoms with Crippen LogP contribution in [-0.2, 0) is 24.4 Å². The van der Waals surface area contributed by atoms with Crippen molar-refractivity contribution in [3.05, 3.63) is 70.3 Å². The lowest BCUT2D eigenvalue weighted by Gasteiger charge is -2.29. The van der Waals surface area contributed by atoms with E-state index in [9.17, 15) is 13.2 Å². The SMILES string of the molecule is Cc1c(CC(C)C)cccc1C(C)(C)Cc1ccc(C(F)(F)F)cc1. The van der Waals surface area contributed by atoms with E-state index in [-0.39, 0.29) is 5.41 Å². The molecule has 0 saturated carbocycles. The Morgan fingerprint density at radius 1 is 0.920 bits per heavy atom. The number of hydrogen-bond donors (Lipinski definition) is 0. The van der Waals surface area contributed by atoms with Crippen molar-refractivity contribution in [2.45, 2.75) is 59.1 Å². The molecule has 2 aromatic rings. The first-order valence-corrected chi connectivity index (χ1v) is 8.76. The predicted octanol–water partition coefficient (Wildman–Crippen LogP) is 6.73. The molecule has 25 heavy (non-hydrogen) atoms. The Morgan fingerprint density at radius 3 is 2.04 bits per heavy atom. The molecule has 0 heterocycles. The lowest BCUT2D eigenvalue weighted by atomic mass is 9.76. The van der Waals surface area contributed by atoms with E-state index < -0.39 is 11.7 Å². The van der Waals surface area contributed by atoms with Gasteiger partial charge in [-0.1, -0.05) is 58.0 Å². The van der Waals surface area contributed by atoms with Crippen LogP contribution in [0.15, 0.2) is 42.5 Å². The van der Waals surface area contributed by atoms with Gasteiger partial charge in [0.15, 0.2) is 0 Å². The van der Waals surface area contributed by atoms with Crippen molar-refractivity contribution < 1.29 is 13.2 Å². The summed E-state index contributed by atoms with van der Waals surface area (Å²) in [6.07, 6.45) is -2.54. The van der Waals surface area contributed by atoms with Gasteiger partial charge in [0.1, 0.15) is 0 Å². The van der Waals surface area contributed by atoms with E-state index in [1.807, 2.05) is 0 Å². The zero-order chi connectivity index (χ0) is 18.8. The van der Waals surface area contributed by atoms with Gasteiger partial charge < -0.3 is 0 Å². The molecule has 0 atom stereocenters. The fraction of sp³-hybridized carbons (Fsp3) is 0.455. The highest BCUT2D eigenvalue weighted by Crippen LogP contribution is 2.34. The van der Waals surface area contributed by atoms with Gasteiger partial charge in [0.2, 0.25) is 0 Å². The molecule has 0 aliphatic heterocycles. The summed E-state index contributed by atoms with van der Waals surface area (Å²) in [4.78, 5) is 0. The molecule has 0 unspecified atom stereocenters. The smallest absolute Gasteiger partial charge is 0.166 e. The predicted molar refractivity (Wildman–Crippen MR) is 97.9 cm³/mol. The minimum atomic E-state index is -4.28. The molecule has 0 N–H and O–H groups in total. The van der Waals surface area contributed by atoms with Gasteiger partial charge in [-0.15, -0.1) is 0 Å². The topological polar surface area (TPSA) is 0 Å². The minimum absolute atomic E-state index is 0.142. The van der Waals surface area contributed by atoms with E-state index in [0.717, 1.165) is 12.0 Å². The Bertz CT molecular complexity index is 707. The van der Waals surface area contributed by atoms with Gasteiger partial charge in [-0.2, -0.15) is 13.2 Å². The van der Waals surface area contributed by atoms with Crippen molar-refractivity contribution in [1.29, 1.82) is 0 Å². The number of hydrogen-bond acceptors (Lipinski definition) is 0. The van der Waals surface area contributed by atoms with Gasteiger partial charge in [0.25, 0.3) is 0 Å². The molecule has 2 aromatic carbocycles. The van der Waals surface area contributed by atoms with Gasteiger partial charge in [0, 0.05) is 0 Å². The van der Waals surface area contributed by atoms with Gasteiger partial charge in [0.05, 0.1) is 5.56 Å². The maximum atomic E-state index is 12.7. The molecule has 2 rings (SSSR count). The van der Waals surface area contributed by atoms with Crippen molar-refractivity contribution in [1.82, 2.24) is 0 Å². The lowest BCUT2D eigenvalue weighted by molar-refractivity contribution is -0.137. The Kier molecular flexibility index (Phi) is 5.65. The third kappa shape index (κ3) is 4.87. The Morgan fingerprint density at radius 2 is 1.52 bits per heavy atom. The van der Waals surface area contributed by atoms with Crippen LogP contribution in [0.4, 0.5) is 13.2 Å². The Labute approximate surface area is 149 Å². The molecule has 0 nitrogen and oxygen atoms in total. The second kappa shape index (κ2) is 7.23. The van der Waals surface area contributed by atoms with Crippen LogP contribution in [0, 0.1) is 12.8 Å². The quantitative estimate of drug-likeness (QED) is 0.562. The van der Waals surface area contributed by atoms with E-state index >= 15 is 0 Å². The summed E-state index contributed by atoms with van der Waals surface area (Å²) in [7, 11) is 0. The Balaban J connectivity index is 2.27. The number of alkyl halides is 3. The fourth-order valence-electron chi connectivity index (χ4n) is 3.49. The zero-order valence-electron chi connectivity index (χ0n) is 15.7. The van der Waals surface area contributed by atoms with Crippen LogP contribution in [-0.4, -0.2) is 0 Å². The molecule has 0 amide bonds. The summed E-state index contributed by atoms with van der Waals surface area (Å²) in [5.74, 6) is 0.590. The van der Waals surface area contributed by atoms with Gasteiger partial charge in [-0.3, -0.25) is 0 Å². The van der Waals surface area contributed by atoms with Crippen LogP contribution in [0.5, 0.6) is 0 Å². The third-order valence-corrected chi connectivity index (χ3v) is 4.73. The molecule has 0 fully saturated rings. The Hall–Kier alpha value is -1.77. The molecule has 0 spiro atoms. The maximum Gasteiger partial charge on any atom is 0.416 e.